The van der Waals surface area contributed by atoms with Gasteiger partial charge in [0.1, 0.15) is 5.78 Å². The monoisotopic (exact) mass is 287 g/mol. The zero-order valence-electron chi connectivity index (χ0n) is 12.0. The van der Waals surface area contributed by atoms with Crippen LogP contribution in [0.4, 0.5) is 5.69 Å². The summed E-state index contributed by atoms with van der Waals surface area (Å²) in [5.74, 6) is -0.266. The van der Waals surface area contributed by atoms with E-state index in [1.807, 2.05) is 0 Å². The molecule has 1 aliphatic heterocycles. The lowest BCUT2D eigenvalue weighted by Gasteiger charge is -2.36. The molecule has 1 saturated carbocycles. The van der Waals surface area contributed by atoms with Crippen LogP contribution in [0.15, 0.2) is 29.4 Å². The van der Waals surface area contributed by atoms with Gasteiger partial charge in [-0.3, -0.25) is 14.9 Å². The SMILES string of the molecule is CC1(C)CC(=O)C2C(c3ccccc3[N+](=O)[O-])=NNC2C1. The number of Topliss-reactive ketones (excluding diaryl/α,β-unsaturated/α-hetero) is 1. The average Bonchev–Trinajstić information content (AvgIpc) is 2.80. The number of ketones is 1. The summed E-state index contributed by atoms with van der Waals surface area (Å²) in [6, 6.07) is 6.40. The normalized spacial score (nSPS) is 26.8. The number of benzene rings is 1. The first-order chi connectivity index (χ1) is 9.89. The predicted octanol–water partition coefficient (Wildman–Crippen LogP) is 2.28. The van der Waals surface area contributed by atoms with Gasteiger partial charge < -0.3 is 5.43 Å². The third-order valence-corrected chi connectivity index (χ3v) is 4.20. The van der Waals surface area contributed by atoms with Crippen molar-refractivity contribution < 1.29 is 9.72 Å². The Bertz CT molecular complexity index is 651. The second-order valence-corrected chi connectivity index (χ2v) is 6.50. The molecule has 110 valence electrons. The second kappa shape index (κ2) is 4.65. The first-order valence-electron chi connectivity index (χ1n) is 6.99. The van der Waals surface area contributed by atoms with Gasteiger partial charge in [-0.25, -0.2) is 0 Å². The zero-order valence-corrected chi connectivity index (χ0v) is 12.0. The summed E-state index contributed by atoms with van der Waals surface area (Å²) in [6.45, 7) is 4.12. The number of hydrogen-bond donors (Lipinski definition) is 1. The van der Waals surface area contributed by atoms with E-state index < -0.39 is 4.92 Å². The van der Waals surface area contributed by atoms with Crippen LogP contribution in [0.1, 0.15) is 32.3 Å². The molecule has 2 unspecified atom stereocenters. The van der Waals surface area contributed by atoms with Gasteiger partial charge in [0.05, 0.1) is 28.2 Å². The number of nitrogens with zero attached hydrogens (tertiary/aromatic N) is 2. The smallest absolute Gasteiger partial charge is 0.278 e. The van der Waals surface area contributed by atoms with Gasteiger partial charge in [-0.2, -0.15) is 5.10 Å². The van der Waals surface area contributed by atoms with Crippen molar-refractivity contribution in [1.29, 1.82) is 0 Å². The van der Waals surface area contributed by atoms with Crippen molar-refractivity contribution in [2.45, 2.75) is 32.7 Å². The van der Waals surface area contributed by atoms with Crippen LogP contribution in [0.5, 0.6) is 0 Å². The standard InChI is InChI=1S/C15H17N3O3/c1-15(2)7-10-13(12(19)8-15)14(17-16-10)9-5-3-4-6-11(9)18(20)21/h3-6,10,13,16H,7-8H2,1-2H3. The Balaban J connectivity index is 1.99. The maximum atomic E-state index is 12.5. The van der Waals surface area contributed by atoms with E-state index in [9.17, 15) is 14.9 Å². The molecule has 3 rings (SSSR count). The van der Waals surface area contributed by atoms with Crippen molar-refractivity contribution in [3.8, 4) is 0 Å². The number of hydrogen-bond acceptors (Lipinski definition) is 5. The summed E-state index contributed by atoms with van der Waals surface area (Å²) in [6.07, 6.45) is 1.31. The first kappa shape index (κ1) is 13.7. The number of para-hydroxylation sites is 1. The van der Waals surface area contributed by atoms with Crippen LogP contribution in [-0.2, 0) is 4.79 Å². The van der Waals surface area contributed by atoms with E-state index in [0.29, 0.717) is 17.7 Å². The minimum Gasteiger partial charge on any atom is -0.306 e. The molecule has 0 radical (unpaired) electrons. The Morgan fingerprint density at radius 3 is 2.81 bits per heavy atom. The molecule has 0 aromatic heterocycles. The van der Waals surface area contributed by atoms with Gasteiger partial charge in [-0.1, -0.05) is 26.0 Å². The van der Waals surface area contributed by atoms with E-state index in [1.165, 1.54) is 6.07 Å². The lowest BCUT2D eigenvalue weighted by atomic mass is 9.68. The molecule has 1 aromatic rings. The fourth-order valence-electron chi connectivity index (χ4n) is 3.35. The molecule has 0 saturated heterocycles. The largest absolute Gasteiger partial charge is 0.306 e. The summed E-state index contributed by atoms with van der Waals surface area (Å²) in [5, 5.41) is 15.4. The topological polar surface area (TPSA) is 84.6 Å². The summed E-state index contributed by atoms with van der Waals surface area (Å²) in [4.78, 5) is 23.2. The fourth-order valence-corrected chi connectivity index (χ4v) is 3.35. The molecular weight excluding hydrogens is 270 g/mol. The molecule has 1 N–H and O–H groups in total. The number of carbonyl (C=O) groups excluding carboxylic acids is 1. The Kier molecular flexibility index (Phi) is 3.04. The highest BCUT2D eigenvalue weighted by Crippen LogP contribution is 2.40. The quantitative estimate of drug-likeness (QED) is 0.668. The maximum Gasteiger partial charge on any atom is 0.278 e. The Morgan fingerprint density at radius 1 is 1.38 bits per heavy atom. The van der Waals surface area contributed by atoms with E-state index in [0.717, 1.165) is 6.42 Å². The van der Waals surface area contributed by atoms with E-state index in [1.54, 1.807) is 18.2 Å². The van der Waals surface area contributed by atoms with Crippen LogP contribution in [-0.4, -0.2) is 22.5 Å². The van der Waals surface area contributed by atoms with Crippen molar-refractivity contribution in [2.24, 2.45) is 16.4 Å². The maximum absolute atomic E-state index is 12.5. The lowest BCUT2D eigenvalue weighted by molar-refractivity contribution is -0.385. The van der Waals surface area contributed by atoms with Gasteiger partial charge in [0.25, 0.3) is 5.69 Å². The van der Waals surface area contributed by atoms with Crippen LogP contribution in [0.2, 0.25) is 0 Å². The molecule has 1 aliphatic carbocycles. The summed E-state index contributed by atoms with van der Waals surface area (Å²) in [5.41, 5.74) is 3.89. The van der Waals surface area contributed by atoms with Crippen LogP contribution in [0.25, 0.3) is 0 Å². The molecule has 0 amide bonds. The fraction of sp³-hybridized carbons (Fsp3) is 0.467. The van der Waals surface area contributed by atoms with Gasteiger partial charge >= 0.3 is 0 Å². The molecule has 1 aromatic carbocycles. The molecule has 2 aliphatic rings. The van der Waals surface area contributed by atoms with E-state index >= 15 is 0 Å². The summed E-state index contributed by atoms with van der Waals surface area (Å²) in [7, 11) is 0. The minimum absolute atomic E-state index is 0.00339. The van der Waals surface area contributed by atoms with E-state index in [4.69, 9.17) is 0 Å². The highest BCUT2D eigenvalue weighted by Gasteiger charge is 2.47. The van der Waals surface area contributed by atoms with Crippen LogP contribution in [0, 0.1) is 21.4 Å². The minimum atomic E-state index is -0.428. The molecule has 6 heteroatoms. The van der Waals surface area contributed by atoms with Gasteiger partial charge in [0.15, 0.2) is 0 Å². The second-order valence-electron chi connectivity index (χ2n) is 6.50. The van der Waals surface area contributed by atoms with Crippen LogP contribution < -0.4 is 5.43 Å². The van der Waals surface area contributed by atoms with Crippen molar-refractivity contribution in [2.75, 3.05) is 0 Å². The van der Waals surface area contributed by atoms with E-state index in [2.05, 4.69) is 24.4 Å². The zero-order chi connectivity index (χ0) is 15.2. The lowest BCUT2D eigenvalue weighted by Crippen LogP contribution is -2.45. The Hall–Kier alpha value is -2.24. The predicted molar refractivity (Wildman–Crippen MR) is 78.1 cm³/mol. The molecule has 1 fully saturated rings. The number of nitro benzene ring substituents is 1. The number of fused-ring (bicyclic) bond motifs is 1. The van der Waals surface area contributed by atoms with Crippen LogP contribution >= 0.6 is 0 Å². The van der Waals surface area contributed by atoms with Crippen molar-refractivity contribution in [3.05, 3.63) is 39.9 Å². The first-order valence-corrected chi connectivity index (χ1v) is 6.99. The van der Waals surface area contributed by atoms with E-state index in [-0.39, 0.29) is 28.8 Å². The third kappa shape index (κ3) is 2.30. The third-order valence-electron chi connectivity index (χ3n) is 4.20. The van der Waals surface area contributed by atoms with Gasteiger partial charge in [0, 0.05) is 12.5 Å². The molecule has 6 nitrogen and oxygen atoms in total. The highest BCUT2D eigenvalue weighted by molar-refractivity contribution is 6.17. The number of rotatable bonds is 2. The average molecular weight is 287 g/mol. The molecule has 2 atom stereocenters. The number of hydrazone groups is 1. The Morgan fingerprint density at radius 2 is 2.10 bits per heavy atom. The highest BCUT2D eigenvalue weighted by atomic mass is 16.6. The number of nitrogens with one attached hydrogen (secondary N) is 1. The van der Waals surface area contributed by atoms with Gasteiger partial charge in [-0.15, -0.1) is 0 Å². The number of carbonyl (C=O) groups is 1. The molecular formula is C15H17N3O3. The van der Waals surface area contributed by atoms with Crippen molar-refractivity contribution in [3.63, 3.8) is 0 Å². The Labute approximate surface area is 122 Å². The summed E-state index contributed by atoms with van der Waals surface area (Å²) >= 11 is 0. The molecule has 0 spiro atoms. The molecule has 1 heterocycles. The summed E-state index contributed by atoms with van der Waals surface area (Å²) < 4.78 is 0. The van der Waals surface area contributed by atoms with Crippen LogP contribution in [0.3, 0.4) is 0 Å². The number of nitro groups is 1. The van der Waals surface area contributed by atoms with Gasteiger partial charge in [-0.05, 0) is 17.9 Å². The van der Waals surface area contributed by atoms with Crippen molar-refractivity contribution >= 4 is 17.2 Å². The molecule has 0 bridgehead atoms. The van der Waals surface area contributed by atoms with Gasteiger partial charge in [0.2, 0.25) is 0 Å². The molecule has 21 heavy (non-hydrogen) atoms. The van der Waals surface area contributed by atoms with Crippen molar-refractivity contribution in [1.82, 2.24) is 5.43 Å².